The summed E-state index contributed by atoms with van der Waals surface area (Å²) in [6.07, 6.45) is 9.29. The Morgan fingerprint density at radius 3 is 2.33 bits per heavy atom. The molecule has 3 rings (SSSR count). The SMILES string of the molecule is CC(=O)C(C)C.CC/C=C/N(c1ccnc(N[C@@H](C)c2ccccc2)n1)c1ccc(CCC)cc1C. The van der Waals surface area contributed by atoms with Crippen molar-refractivity contribution < 1.29 is 4.79 Å². The van der Waals surface area contributed by atoms with Crippen LogP contribution in [0.5, 0.6) is 0 Å². The topological polar surface area (TPSA) is 58.1 Å². The summed E-state index contributed by atoms with van der Waals surface area (Å²) in [5.74, 6) is 1.95. The number of anilines is 3. The zero-order valence-electron chi connectivity index (χ0n) is 23.0. The van der Waals surface area contributed by atoms with Crippen LogP contribution in [-0.2, 0) is 11.2 Å². The highest BCUT2D eigenvalue weighted by Crippen LogP contribution is 2.29. The third-order valence-electron chi connectivity index (χ3n) is 5.90. The number of ketones is 1. The van der Waals surface area contributed by atoms with Gasteiger partial charge in [0, 0.05) is 24.0 Å². The number of hydrogen-bond acceptors (Lipinski definition) is 5. The zero-order valence-corrected chi connectivity index (χ0v) is 23.0. The standard InChI is InChI=1S/C26H32N4.C5H10O/c1-5-7-18-30(24-15-14-22(11-6-2)19-20(24)3)25-16-17-27-26(29-25)28-21(4)23-12-9-8-10-13-23;1-4(2)5(3)6/h7-10,12-19,21H,5-6,11H2,1-4H3,(H,27,28,29);4H,1-3H3/b18-7+;/t21-;/m0./s1. The number of rotatable bonds is 10. The van der Waals surface area contributed by atoms with Crippen molar-refractivity contribution in [3.05, 3.63) is 89.8 Å². The second kappa shape index (κ2) is 14.8. The monoisotopic (exact) mass is 486 g/mol. The number of nitrogens with one attached hydrogen (secondary N) is 1. The van der Waals surface area contributed by atoms with Crippen LogP contribution < -0.4 is 10.2 Å². The van der Waals surface area contributed by atoms with E-state index in [-0.39, 0.29) is 17.7 Å². The van der Waals surface area contributed by atoms with Crippen molar-refractivity contribution in [2.45, 2.75) is 73.8 Å². The smallest absolute Gasteiger partial charge is 0.225 e. The third-order valence-corrected chi connectivity index (χ3v) is 5.90. The molecule has 0 saturated heterocycles. The van der Waals surface area contributed by atoms with Crippen LogP contribution in [-0.4, -0.2) is 15.8 Å². The summed E-state index contributed by atoms with van der Waals surface area (Å²) in [5, 5.41) is 3.43. The molecule has 2 aromatic carbocycles. The lowest BCUT2D eigenvalue weighted by Gasteiger charge is -2.23. The number of carbonyl (C=O) groups is 1. The summed E-state index contributed by atoms with van der Waals surface area (Å²) < 4.78 is 0. The molecule has 36 heavy (non-hydrogen) atoms. The molecule has 0 spiro atoms. The molecule has 0 aliphatic heterocycles. The number of nitrogens with zero attached hydrogens (tertiary/aromatic N) is 3. The van der Waals surface area contributed by atoms with Crippen molar-refractivity contribution in [1.82, 2.24) is 9.97 Å². The number of aromatic nitrogens is 2. The van der Waals surface area contributed by atoms with Gasteiger partial charge in [-0.3, -0.25) is 4.79 Å². The summed E-state index contributed by atoms with van der Waals surface area (Å²) >= 11 is 0. The Morgan fingerprint density at radius 1 is 1.06 bits per heavy atom. The Hall–Kier alpha value is -3.47. The van der Waals surface area contributed by atoms with Crippen molar-refractivity contribution in [1.29, 1.82) is 0 Å². The van der Waals surface area contributed by atoms with E-state index in [1.54, 1.807) is 6.92 Å². The molecule has 1 heterocycles. The average Bonchev–Trinajstić information content (AvgIpc) is 2.86. The van der Waals surface area contributed by atoms with Gasteiger partial charge in [-0.05, 0) is 62.4 Å². The fraction of sp³-hybridized carbons (Fsp3) is 0.387. The fourth-order valence-electron chi connectivity index (χ4n) is 3.49. The van der Waals surface area contributed by atoms with Crippen LogP contribution in [0.25, 0.3) is 0 Å². The van der Waals surface area contributed by atoms with E-state index in [1.165, 1.54) is 16.7 Å². The summed E-state index contributed by atoms with van der Waals surface area (Å²) in [4.78, 5) is 21.6. The second-order valence-electron chi connectivity index (χ2n) is 9.31. The molecule has 0 bridgehead atoms. The molecule has 192 valence electrons. The minimum atomic E-state index is 0.121. The maximum absolute atomic E-state index is 10.1. The van der Waals surface area contributed by atoms with Gasteiger partial charge in [-0.2, -0.15) is 4.98 Å². The van der Waals surface area contributed by atoms with Gasteiger partial charge >= 0.3 is 0 Å². The van der Waals surface area contributed by atoms with Gasteiger partial charge in [0.15, 0.2) is 0 Å². The third kappa shape index (κ3) is 8.95. The van der Waals surface area contributed by atoms with Gasteiger partial charge < -0.3 is 10.2 Å². The Labute approximate surface area is 217 Å². The first-order valence-electron chi connectivity index (χ1n) is 13.0. The van der Waals surface area contributed by atoms with Crippen LogP contribution in [0.4, 0.5) is 17.5 Å². The van der Waals surface area contributed by atoms with E-state index in [0.29, 0.717) is 5.95 Å². The maximum atomic E-state index is 10.1. The molecule has 5 nitrogen and oxygen atoms in total. The molecular weight excluding hydrogens is 444 g/mol. The molecule has 0 amide bonds. The number of benzene rings is 2. The number of carbonyl (C=O) groups excluding carboxylic acids is 1. The molecule has 0 aliphatic carbocycles. The van der Waals surface area contributed by atoms with Crippen molar-refractivity contribution >= 4 is 23.2 Å². The molecule has 3 aromatic rings. The first kappa shape index (κ1) is 28.8. The van der Waals surface area contributed by atoms with E-state index >= 15 is 0 Å². The van der Waals surface area contributed by atoms with Crippen molar-refractivity contribution in [3.8, 4) is 0 Å². The second-order valence-corrected chi connectivity index (χ2v) is 9.31. The number of Topliss-reactive ketones (excluding diaryl/α,β-unsaturated/α-hetero) is 1. The maximum Gasteiger partial charge on any atom is 0.225 e. The molecular formula is C31H42N4O. The van der Waals surface area contributed by atoms with Gasteiger partial charge in [-0.25, -0.2) is 4.98 Å². The van der Waals surface area contributed by atoms with E-state index in [9.17, 15) is 4.79 Å². The Balaban J connectivity index is 0.000000678. The fourth-order valence-corrected chi connectivity index (χ4v) is 3.49. The molecule has 0 saturated carbocycles. The minimum absolute atomic E-state index is 0.121. The molecule has 5 heteroatoms. The van der Waals surface area contributed by atoms with Gasteiger partial charge in [-0.15, -0.1) is 0 Å². The number of allylic oxidation sites excluding steroid dienone is 1. The van der Waals surface area contributed by atoms with Crippen molar-refractivity contribution in [2.24, 2.45) is 5.92 Å². The molecule has 1 N–H and O–H groups in total. The van der Waals surface area contributed by atoms with Crippen molar-refractivity contribution in [3.63, 3.8) is 0 Å². The average molecular weight is 487 g/mol. The first-order valence-corrected chi connectivity index (χ1v) is 13.0. The lowest BCUT2D eigenvalue weighted by Crippen LogP contribution is -2.15. The quantitative estimate of drug-likeness (QED) is 0.313. The highest BCUT2D eigenvalue weighted by Gasteiger charge is 2.13. The van der Waals surface area contributed by atoms with E-state index < -0.39 is 0 Å². The van der Waals surface area contributed by atoms with Gasteiger partial charge in [0.2, 0.25) is 5.95 Å². The van der Waals surface area contributed by atoms with Gasteiger partial charge in [0.1, 0.15) is 11.6 Å². The van der Waals surface area contributed by atoms with Crippen molar-refractivity contribution in [2.75, 3.05) is 10.2 Å². The molecule has 0 unspecified atom stereocenters. The van der Waals surface area contributed by atoms with Gasteiger partial charge in [-0.1, -0.05) is 82.7 Å². The van der Waals surface area contributed by atoms with E-state index in [4.69, 9.17) is 4.98 Å². The molecule has 0 radical (unpaired) electrons. The normalized spacial score (nSPS) is 11.7. The van der Waals surface area contributed by atoms with Crippen LogP contribution in [0.1, 0.15) is 77.1 Å². The van der Waals surface area contributed by atoms with Crippen LogP contribution in [0, 0.1) is 12.8 Å². The van der Waals surface area contributed by atoms with E-state index in [0.717, 1.165) is 30.8 Å². The first-order chi connectivity index (χ1) is 17.3. The Kier molecular flexibility index (Phi) is 11.8. The predicted molar refractivity (Wildman–Crippen MR) is 153 cm³/mol. The molecule has 1 atom stereocenters. The van der Waals surface area contributed by atoms with Crippen LogP contribution >= 0.6 is 0 Å². The summed E-state index contributed by atoms with van der Waals surface area (Å²) in [6, 6.07) is 19.1. The van der Waals surface area contributed by atoms with Gasteiger partial charge in [0.05, 0.1) is 6.04 Å². The summed E-state index contributed by atoms with van der Waals surface area (Å²) in [6.45, 7) is 14.0. The van der Waals surface area contributed by atoms with Gasteiger partial charge in [0.25, 0.3) is 0 Å². The van der Waals surface area contributed by atoms with Crippen LogP contribution in [0.3, 0.4) is 0 Å². The van der Waals surface area contributed by atoms with E-state index in [2.05, 4.69) is 85.5 Å². The predicted octanol–water partition coefficient (Wildman–Crippen LogP) is 8.20. The Morgan fingerprint density at radius 2 is 1.75 bits per heavy atom. The lowest BCUT2D eigenvalue weighted by atomic mass is 10.1. The lowest BCUT2D eigenvalue weighted by molar-refractivity contribution is -0.119. The van der Waals surface area contributed by atoms with E-state index in [1.807, 2.05) is 44.3 Å². The Bertz CT molecular complexity index is 1110. The number of hydrogen-bond donors (Lipinski definition) is 1. The summed E-state index contributed by atoms with van der Waals surface area (Å²) in [5.41, 5.74) is 4.96. The highest BCUT2D eigenvalue weighted by molar-refractivity contribution is 5.77. The van der Waals surface area contributed by atoms with Crippen LogP contribution in [0.15, 0.2) is 73.1 Å². The van der Waals surface area contributed by atoms with Crippen LogP contribution in [0.2, 0.25) is 0 Å². The largest absolute Gasteiger partial charge is 0.348 e. The molecule has 1 aromatic heterocycles. The minimum Gasteiger partial charge on any atom is -0.348 e. The highest BCUT2D eigenvalue weighted by atomic mass is 16.1. The number of aryl methyl sites for hydroxylation is 2. The summed E-state index contributed by atoms with van der Waals surface area (Å²) in [7, 11) is 0. The molecule has 0 fully saturated rings. The molecule has 0 aliphatic rings. The zero-order chi connectivity index (χ0) is 26.5.